The van der Waals surface area contributed by atoms with E-state index >= 15 is 0 Å². The highest BCUT2D eigenvalue weighted by Crippen LogP contribution is 2.52. The van der Waals surface area contributed by atoms with Crippen LogP contribution in [0.15, 0.2) is 0 Å². The molecular formula is C8H12F4. The van der Waals surface area contributed by atoms with Gasteiger partial charge in [-0.2, -0.15) is 17.6 Å². The highest BCUT2D eigenvalue weighted by molar-refractivity contribution is 4.96. The molecule has 0 heterocycles. The third kappa shape index (κ3) is 1.43. The normalized spacial score (nSPS) is 28.2. The van der Waals surface area contributed by atoms with Crippen molar-refractivity contribution in [3.05, 3.63) is 0 Å². The highest BCUT2D eigenvalue weighted by Gasteiger charge is 2.63. The number of alkyl halides is 4. The second-order valence-electron chi connectivity index (χ2n) is 3.82. The second kappa shape index (κ2) is 2.60. The van der Waals surface area contributed by atoms with E-state index in [2.05, 4.69) is 0 Å². The average molecular weight is 184 g/mol. The van der Waals surface area contributed by atoms with Crippen molar-refractivity contribution in [3.8, 4) is 0 Å². The molecule has 0 atom stereocenters. The summed E-state index contributed by atoms with van der Waals surface area (Å²) in [5.41, 5.74) is 0. The molecule has 12 heavy (non-hydrogen) atoms. The predicted molar refractivity (Wildman–Crippen MR) is 37.5 cm³/mol. The van der Waals surface area contributed by atoms with Gasteiger partial charge in [0.15, 0.2) is 0 Å². The van der Waals surface area contributed by atoms with Crippen LogP contribution in [-0.4, -0.2) is 11.8 Å². The minimum atomic E-state index is -3.79. The van der Waals surface area contributed by atoms with E-state index in [0.717, 1.165) is 0 Å². The van der Waals surface area contributed by atoms with Gasteiger partial charge in [0, 0.05) is 12.8 Å². The van der Waals surface area contributed by atoms with Gasteiger partial charge in [-0.15, -0.1) is 0 Å². The van der Waals surface area contributed by atoms with Crippen molar-refractivity contribution >= 4 is 0 Å². The van der Waals surface area contributed by atoms with Crippen molar-refractivity contribution in [2.24, 2.45) is 11.8 Å². The first-order valence-corrected chi connectivity index (χ1v) is 4.02. The van der Waals surface area contributed by atoms with Crippen molar-refractivity contribution in [1.82, 2.24) is 0 Å². The molecule has 0 spiro atoms. The summed E-state index contributed by atoms with van der Waals surface area (Å²) >= 11 is 0. The van der Waals surface area contributed by atoms with E-state index in [1.54, 1.807) is 13.8 Å². The molecule has 0 N–H and O–H groups in total. The van der Waals surface area contributed by atoms with Crippen LogP contribution in [0.4, 0.5) is 17.6 Å². The van der Waals surface area contributed by atoms with Gasteiger partial charge in [-0.3, -0.25) is 0 Å². The molecule has 0 bridgehead atoms. The number of hydrogen-bond donors (Lipinski definition) is 0. The summed E-state index contributed by atoms with van der Waals surface area (Å²) in [5.74, 6) is -8.22. The minimum absolute atomic E-state index is 0.0933. The SMILES string of the molecule is CC(C)C1CC(F)(F)C(F)(F)C1. The molecule has 0 aromatic carbocycles. The summed E-state index contributed by atoms with van der Waals surface area (Å²) in [4.78, 5) is 0. The molecule has 1 aliphatic rings. The van der Waals surface area contributed by atoms with Gasteiger partial charge in [0.05, 0.1) is 0 Å². The average Bonchev–Trinajstić information content (AvgIpc) is 2.03. The van der Waals surface area contributed by atoms with Gasteiger partial charge in [0.1, 0.15) is 0 Å². The van der Waals surface area contributed by atoms with Gasteiger partial charge in [-0.25, -0.2) is 0 Å². The summed E-state index contributed by atoms with van der Waals surface area (Å²) in [5, 5.41) is 0. The second-order valence-corrected chi connectivity index (χ2v) is 3.82. The summed E-state index contributed by atoms with van der Waals surface area (Å²) < 4.78 is 50.3. The van der Waals surface area contributed by atoms with E-state index in [4.69, 9.17) is 0 Å². The van der Waals surface area contributed by atoms with E-state index in [0.29, 0.717) is 0 Å². The van der Waals surface area contributed by atoms with Crippen molar-refractivity contribution in [2.45, 2.75) is 38.5 Å². The van der Waals surface area contributed by atoms with E-state index in [1.165, 1.54) is 0 Å². The first-order chi connectivity index (χ1) is 5.26. The fourth-order valence-corrected chi connectivity index (χ4v) is 1.50. The van der Waals surface area contributed by atoms with Gasteiger partial charge in [0.25, 0.3) is 0 Å². The summed E-state index contributed by atoms with van der Waals surface area (Å²) in [6.45, 7) is 3.39. The monoisotopic (exact) mass is 184 g/mol. The molecule has 1 rings (SSSR count). The molecule has 1 aliphatic carbocycles. The molecule has 0 amide bonds. The summed E-state index contributed by atoms with van der Waals surface area (Å²) in [6, 6.07) is 0. The maximum atomic E-state index is 12.6. The van der Waals surface area contributed by atoms with Crippen LogP contribution in [0.3, 0.4) is 0 Å². The molecule has 1 saturated carbocycles. The molecule has 0 unspecified atom stereocenters. The molecule has 4 heteroatoms. The maximum Gasteiger partial charge on any atom is 0.310 e. The lowest BCUT2D eigenvalue weighted by atomic mass is 9.94. The van der Waals surface area contributed by atoms with Gasteiger partial charge in [-0.1, -0.05) is 13.8 Å². The van der Waals surface area contributed by atoms with Crippen LogP contribution in [0.1, 0.15) is 26.7 Å². The molecule has 0 nitrogen and oxygen atoms in total. The van der Waals surface area contributed by atoms with Gasteiger partial charge in [-0.05, 0) is 11.8 Å². The fraction of sp³-hybridized carbons (Fsp3) is 1.00. The van der Waals surface area contributed by atoms with E-state index in [9.17, 15) is 17.6 Å². The van der Waals surface area contributed by atoms with Crippen molar-refractivity contribution in [1.29, 1.82) is 0 Å². The highest BCUT2D eigenvalue weighted by atomic mass is 19.3. The van der Waals surface area contributed by atoms with E-state index in [1.807, 2.05) is 0 Å². The Morgan fingerprint density at radius 3 is 1.50 bits per heavy atom. The molecular weight excluding hydrogens is 172 g/mol. The van der Waals surface area contributed by atoms with E-state index in [-0.39, 0.29) is 5.92 Å². The Bertz CT molecular complexity index is 158. The third-order valence-corrected chi connectivity index (χ3v) is 2.52. The van der Waals surface area contributed by atoms with E-state index < -0.39 is 30.6 Å². The van der Waals surface area contributed by atoms with Crippen LogP contribution in [0.25, 0.3) is 0 Å². The number of rotatable bonds is 1. The van der Waals surface area contributed by atoms with Crippen molar-refractivity contribution < 1.29 is 17.6 Å². The molecule has 0 aromatic rings. The predicted octanol–water partition coefficient (Wildman–Crippen LogP) is 3.32. The molecule has 0 aromatic heterocycles. The number of hydrogen-bond acceptors (Lipinski definition) is 0. The molecule has 0 aliphatic heterocycles. The smallest absolute Gasteiger partial charge is 0.200 e. The van der Waals surface area contributed by atoms with Crippen LogP contribution in [0.5, 0.6) is 0 Å². The first kappa shape index (κ1) is 9.81. The Morgan fingerprint density at radius 1 is 1.00 bits per heavy atom. The van der Waals surface area contributed by atoms with Crippen molar-refractivity contribution in [3.63, 3.8) is 0 Å². The van der Waals surface area contributed by atoms with Crippen LogP contribution < -0.4 is 0 Å². The Hall–Kier alpha value is -0.280. The lowest BCUT2D eigenvalue weighted by Gasteiger charge is -2.16. The first-order valence-electron chi connectivity index (χ1n) is 4.02. The Balaban J connectivity index is 2.74. The number of halogens is 4. The zero-order chi connectivity index (χ0) is 9.57. The van der Waals surface area contributed by atoms with Crippen LogP contribution in [-0.2, 0) is 0 Å². The van der Waals surface area contributed by atoms with Crippen molar-refractivity contribution in [2.75, 3.05) is 0 Å². The maximum absolute atomic E-state index is 12.6. The van der Waals surface area contributed by atoms with Gasteiger partial charge in [0.2, 0.25) is 0 Å². The zero-order valence-corrected chi connectivity index (χ0v) is 7.08. The lowest BCUT2D eigenvalue weighted by Crippen LogP contribution is -2.33. The summed E-state index contributed by atoms with van der Waals surface area (Å²) in [7, 11) is 0. The zero-order valence-electron chi connectivity index (χ0n) is 7.08. The van der Waals surface area contributed by atoms with Crippen LogP contribution >= 0.6 is 0 Å². The lowest BCUT2D eigenvalue weighted by molar-refractivity contribution is -0.185. The molecule has 0 radical (unpaired) electrons. The molecule has 0 saturated heterocycles. The quantitative estimate of drug-likeness (QED) is 0.548. The summed E-state index contributed by atoms with van der Waals surface area (Å²) in [6.07, 6.45) is -1.34. The minimum Gasteiger partial charge on any atom is -0.200 e. The fourth-order valence-electron chi connectivity index (χ4n) is 1.50. The van der Waals surface area contributed by atoms with Crippen LogP contribution in [0, 0.1) is 11.8 Å². The molecule has 1 fully saturated rings. The topological polar surface area (TPSA) is 0 Å². The molecule has 72 valence electrons. The Kier molecular flexibility index (Phi) is 2.13. The van der Waals surface area contributed by atoms with Gasteiger partial charge < -0.3 is 0 Å². The third-order valence-electron chi connectivity index (χ3n) is 2.52. The van der Waals surface area contributed by atoms with Crippen LogP contribution in [0.2, 0.25) is 0 Å². The Morgan fingerprint density at radius 2 is 1.33 bits per heavy atom. The standard InChI is InChI=1S/C8H12F4/c1-5(2)6-3-7(9,10)8(11,12)4-6/h5-6H,3-4H2,1-2H3. The Labute approximate surface area is 69.0 Å². The van der Waals surface area contributed by atoms with Gasteiger partial charge >= 0.3 is 11.8 Å². The largest absolute Gasteiger partial charge is 0.310 e.